The highest BCUT2D eigenvalue weighted by Crippen LogP contribution is 2.28. The topological polar surface area (TPSA) is 63.3 Å². The first-order valence-corrected chi connectivity index (χ1v) is 4.99. The van der Waals surface area contributed by atoms with Crippen LogP contribution in [-0.2, 0) is 6.67 Å². The van der Waals surface area contributed by atoms with Crippen LogP contribution in [0.4, 0.5) is 4.39 Å². The summed E-state index contributed by atoms with van der Waals surface area (Å²) in [7, 11) is 0. The second kappa shape index (κ2) is 4.37. The predicted octanol–water partition coefficient (Wildman–Crippen LogP) is 2.82. The van der Waals surface area contributed by atoms with Gasteiger partial charge in [-0.3, -0.25) is 0 Å². The maximum atomic E-state index is 12.6. The zero-order chi connectivity index (χ0) is 12.4. The van der Waals surface area contributed by atoms with Gasteiger partial charge in [0.2, 0.25) is 0 Å². The quantitative estimate of drug-likeness (QED) is 0.888. The molecule has 4 nitrogen and oxygen atoms in total. The summed E-state index contributed by atoms with van der Waals surface area (Å²) in [6.07, 6.45) is 0. The van der Waals surface area contributed by atoms with Crippen LogP contribution in [0.2, 0.25) is 0 Å². The van der Waals surface area contributed by atoms with Crippen molar-refractivity contribution in [2.75, 3.05) is 0 Å². The molecule has 1 N–H and O–H groups in total. The van der Waals surface area contributed by atoms with Gasteiger partial charge in [0, 0.05) is 5.56 Å². The first-order chi connectivity index (χ1) is 8.15. The average Bonchev–Trinajstić information content (AvgIpc) is 2.73. The van der Waals surface area contributed by atoms with E-state index in [2.05, 4.69) is 5.16 Å². The maximum absolute atomic E-state index is 12.6. The summed E-state index contributed by atoms with van der Waals surface area (Å²) in [6, 6.07) is 7.14. The van der Waals surface area contributed by atoms with E-state index in [1.54, 1.807) is 12.1 Å². The molecule has 0 fully saturated rings. The van der Waals surface area contributed by atoms with Crippen LogP contribution in [0.3, 0.4) is 0 Å². The first kappa shape index (κ1) is 11.3. The monoisotopic (exact) mass is 235 g/mol. The van der Waals surface area contributed by atoms with Crippen molar-refractivity contribution >= 4 is 5.97 Å². The predicted molar refractivity (Wildman–Crippen MR) is 58.4 cm³/mol. The summed E-state index contributed by atoms with van der Waals surface area (Å²) >= 11 is 0. The lowest BCUT2D eigenvalue weighted by Gasteiger charge is -2.02. The van der Waals surface area contributed by atoms with Gasteiger partial charge in [-0.15, -0.1) is 0 Å². The third-order valence-electron chi connectivity index (χ3n) is 2.50. The number of aromatic carboxylic acids is 1. The molecule has 5 heteroatoms. The number of halogens is 1. The van der Waals surface area contributed by atoms with E-state index in [1.807, 2.05) is 19.1 Å². The number of rotatable bonds is 3. The van der Waals surface area contributed by atoms with Gasteiger partial charge in [0.1, 0.15) is 11.3 Å². The summed E-state index contributed by atoms with van der Waals surface area (Å²) < 4.78 is 17.3. The van der Waals surface area contributed by atoms with Gasteiger partial charge in [0.15, 0.2) is 12.4 Å². The number of alkyl halides is 1. The van der Waals surface area contributed by atoms with Gasteiger partial charge in [0.25, 0.3) is 0 Å². The molecular weight excluding hydrogens is 225 g/mol. The van der Waals surface area contributed by atoms with E-state index in [4.69, 9.17) is 9.63 Å². The Kier molecular flexibility index (Phi) is 2.91. The van der Waals surface area contributed by atoms with Gasteiger partial charge >= 0.3 is 5.97 Å². The van der Waals surface area contributed by atoms with E-state index in [0.717, 1.165) is 5.56 Å². The van der Waals surface area contributed by atoms with Gasteiger partial charge in [-0.05, 0) is 12.5 Å². The number of aromatic nitrogens is 1. The molecule has 0 radical (unpaired) electrons. The molecule has 1 heterocycles. The largest absolute Gasteiger partial charge is 0.477 e. The molecule has 0 amide bonds. The molecule has 0 aliphatic rings. The summed E-state index contributed by atoms with van der Waals surface area (Å²) in [5.41, 5.74) is 1.45. The third-order valence-corrected chi connectivity index (χ3v) is 2.50. The van der Waals surface area contributed by atoms with Crippen molar-refractivity contribution in [2.45, 2.75) is 13.6 Å². The molecule has 1 aromatic carbocycles. The van der Waals surface area contributed by atoms with Crippen molar-refractivity contribution in [1.82, 2.24) is 5.16 Å². The molecule has 0 aliphatic heterocycles. The lowest BCUT2D eigenvalue weighted by Crippen LogP contribution is -2.01. The zero-order valence-electron chi connectivity index (χ0n) is 9.11. The van der Waals surface area contributed by atoms with Gasteiger partial charge < -0.3 is 9.63 Å². The van der Waals surface area contributed by atoms with Gasteiger partial charge in [-0.25, -0.2) is 9.18 Å². The summed E-state index contributed by atoms with van der Waals surface area (Å²) in [5.74, 6) is -1.49. The molecule has 0 saturated carbocycles. The Bertz CT molecular complexity index is 563. The lowest BCUT2D eigenvalue weighted by atomic mass is 10.0. The third kappa shape index (κ3) is 1.91. The molecule has 17 heavy (non-hydrogen) atoms. The molecule has 0 unspecified atom stereocenters. The van der Waals surface area contributed by atoms with Crippen molar-refractivity contribution in [3.05, 3.63) is 41.2 Å². The van der Waals surface area contributed by atoms with Crippen molar-refractivity contribution in [3.63, 3.8) is 0 Å². The second-order valence-electron chi connectivity index (χ2n) is 3.58. The molecule has 2 aromatic rings. The van der Waals surface area contributed by atoms with Crippen molar-refractivity contribution in [2.24, 2.45) is 0 Å². The second-order valence-corrected chi connectivity index (χ2v) is 3.58. The Morgan fingerprint density at radius 1 is 1.47 bits per heavy atom. The van der Waals surface area contributed by atoms with Crippen molar-refractivity contribution < 1.29 is 18.8 Å². The van der Waals surface area contributed by atoms with Gasteiger partial charge in [-0.1, -0.05) is 29.4 Å². The molecule has 0 bridgehead atoms. The highest BCUT2D eigenvalue weighted by atomic mass is 19.1. The number of carbonyl (C=O) groups is 1. The Morgan fingerprint density at radius 3 is 2.76 bits per heavy atom. The fraction of sp³-hybridized carbons (Fsp3) is 0.167. The van der Waals surface area contributed by atoms with Crippen LogP contribution in [0.5, 0.6) is 0 Å². The number of hydrogen-bond acceptors (Lipinski definition) is 3. The van der Waals surface area contributed by atoms with E-state index < -0.39 is 12.6 Å². The average molecular weight is 235 g/mol. The van der Waals surface area contributed by atoms with Gasteiger partial charge in [0.05, 0.1) is 0 Å². The first-order valence-electron chi connectivity index (χ1n) is 4.99. The van der Waals surface area contributed by atoms with Crippen LogP contribution < -0.4 is 0 Å². The van der Waals surface area contributed by atoms with Crippen LogP contribution in [0.1, 0.15) is 21.7 Å². The number of hydrogen-bond donors (Lipinski definition) is 1. The van der Waals surface area contributed by atoms with Crippen LogP contribution in [-0.4, -0.2) is 16.2 Å². The summed E-state index contributed by atoms with van der Waals surface area (Å²) in [5, 5.41) is 12.7. The van der Waals surface area contributed by atoms with Crippen LogP contribution in [0.25, 0.3) is 11.3 Å². The number of carboxylic acid groups (broad SMARTS) is 1. The minimum Gasteiger partial charge on any atom is -0.477 e. The fourth-order valence-corrected chi connectivity index (χ4v) is 1.66. The van der Waals surface area contributed by atoms with Crippen molar-refractivity contribution in [1.29, 1.82) is 0 Å². The standard InChI is InChI=1S/C12H10FNO3/c1-7-4-2-3-5-8(7)11-10(12(15)16)9(6-13)17-14-11/h2-5H,6H2,1H3,(H,15,16). The zero-order valence-corrected chi connectivity index (χ0v) is 9.11. The van der Waals surface area contributed by atoms with E-state index in [-0.39, 0.29) is 17.0 Å². The van der Waals surface area contributed by atoms with Crippen LogP contribution in [0.15, 0.2) is 28.8 Å². The molecule has 0 saturated heterocycles. The van der Waals surface area contributed by atoms with E-state index >= 15 is 0 Å². The van der Waals surface area contributed by atoms with E-state index in [9.17, 15) is 9.18 Å². The molecular formula is C12H10FNO3. The molecule has 1 aromatic heterocycles. The van der Waals surface area contributed by atoms with E-state index in [0.29, 0.717) is 5.56 Å². The molecule has 0 atom stereocenters. The summed E-state index contributed by atoms with van der Waals surface area (Å²) in [4.78, 5) is 11.1. The Morgan fingerprint density at radius 2 is 2.18 bits per heavy atom. The maximum Gasteiger partial charge on any atom is 0.341 e. The highest BCUT2D eigenvalue weighted by Gasteiger charge is 2.23. The Balaban J connectivity index is 2.64. The number of aryl methyl sites for hydroxylation is 1. The minimum atomic E-state index is -1.24. The van der Waals surface area contributed by atoms with Gasteiger partial charge in [-0.2, -0.15) is 0 Å². The number of benzene rings is 1. The highest BCUT2D eigenvalue weighted by molar-refractivity contribution is 5.96. The lowest BCUT2D eigenvalue weighted by molar-refractivity contribution is 0.0693. The van der Waals surface area contributed by atoms with E-state index in [1.165, 1.54) is 0 Å². The van der Waals surface area contributed by atoms with Crippen LogP contribution >= 0.6 is 0 Å². The molecule has 0 spiro atoms. The van der Waals surface area contributed by atoms with Crippen molar-refractivity contribution in [3.8, 4) is 11.3 Å². The van der Waals surface area contributed by atoms with Crippen LogP contribution in [0, 0.1) is 6.92 Å². The smallest absolute Gasteiger partial charge is 0.341 e. The molecule has 88 valence electrons. The fourth-order valence-electron chi connectivity index (χ4n) is 1.66. The number of carboxylic acids is 1. The Labute approximate surface area is 96.7 Å². The summed E-state index contributed by atoms with van der Waals surface area (Å²) in [6.45, 7) is 0.839. The number of nitrogens with zero attached hydrogens (tertiary/aromatic N) is 1. The Hall–Kier alpha value is -2.17. The SMILES string of the molecule is Cc1ccccc1-c1noc(CF)c1C(=O)O. The normalized spacial score (nSPS) is 10.5. The molecule has 0 aliphatic carbocycles. The molecule has 2 rings (SSSR count). The minimum absolute atomic E-state index is 0.170.